The number of hydrogen-bond acceptors (Lipinski definition) is 5. The maximum atomic E-state index is 4.67. The Morgan fingerprint density at radius 1 is 1.44 bits per heavy atom. The van der Waals surface area contributed by atoms with Gasteiger partial charge in [0.1, 0.15) is 10.8 Å². The van der Waals surface area contributed by atoms with Gasteiger partial charge in [0.2, 0.25) is 0 Å². The first-order valence-electron chi connectivity index (χ1n) is 8.56. The van der Waals surface area contributed by atoms with Crippen LogP contribution in [0.2, 0.25) is 0 Å². The van der Waals surface area contributed by atoms with Gasteiger partial charge in [0.25, 0.3) is 0 Å². The number of nitrogens with one attached hydrogen (secondary N) is 2. The third kappa shape index (κ3) is 5.37. The Balaban J connectivity index is 0.00000225. The number of guanidine groups is 1. The van der Waals surface area contributed by atoms with Crippen LogP contribution in [0.3, 0.4) is 0 Å². The molecule has 1 aliphatic rings. The maximum Gasteiger partial charge on any atom is 0.191 e. The SMILES string of the molecule is CCNC(=NCc1ncc(C)s1)NC1CCc2nc(CC)nn2C1.I. The molecule has 3 heterocycles. The monoisotopic (exact) mass is 475 g/mol. The molecule has 0 aromatic carbocycles. The van der Waals surface area contributed by atoms with Crippen molar-refractivity contribution in [3.8, 4) is 0 Å². The molecular formula is C16H26IN7S. The van der Waals surface area contributed by atoms with Crippen LogP contribution in [0.15, 0.2) is 11.2 Å². The van der Waals surface area contributed by atoms with E-state index in [9.17, 15) is 0 Å². The summed E-state index contributed by atoms with van der Waals surface area (Å²) >= 11 is 1.69. The summed E-state index contributed by atoms with van der Waals surface area (Å²) in [5.74, 6) is 2.88. The molecule has 25 heavy (non-hydrogen) atoms. The zero-order valence-corrected chi connectivity index (χ0v) is 18.1. The molecule has 0 bridgehead atoms. The average Bonchev–Trinajstić information content (AvgIpc) is 3.18. The quantitative estimate of drug-likeness (QED) is 0.394. The zero-order valence-electron chi connectivity index (χ0n) is 14.9. The standard InChI is InChI=1S/C16H25N7S.HI/c1-4-13-21-14-7-6-12(10-23(14)22-13)20-16(17-5-2)19-9-15-18-8-11(3)24-15;/h8,12H,4-7,9-10H2,1-3H3,(H2,17,19,20);1H. The molecule has 2 aromatic rings. The minimum atomic E-state index is 0. The summed E-state index contributed by atoms with van der Waals surface area (Å²) in [7, 11) is 0. The predicted molar refractivity (Wildman–Crippen MR) is 112 cm³/mol. The highest BCUT2D eigenvalue weighted by Crippen LogP contribution is 2.14. The van der Waals surface area contributed by atoms with Gasteiger partial charge in [0.15, 0.2) is 11.8 Å². The van der Waals surface area contributed by atoms with Crippen molar-refractivity contribution in [3.05, 3.63) is 27.7 Å². The number of aryl methyl sites for hydroxylation is 3. The average molecular weight is 475 g/mol. The van der Waals surface area contributed by atoms with Crippen LogP contribution >= 0.6 is 35.3 Å². The summed E-state index contributed by atoms with van der Waals surface area (Å²) in [6.45, 7) is 8.51. The van der Waals surface area contributed by atoms with Crippen molar-refractivity contribution in [1.29, 1.82) is 0 Å². The molecule has 2 aromatic heterocycles. The van der Waals surface area contributed by atoms with Crippen LogP contribution in [-0.2, 0) is 25.9 Å². The Kier molecular flexibility index (Phi) is 7.60. The molecule has 0 fully saturated rings. The molecule has 0 saturated heterocycles. The fourth-order valence-corrected chi connectivity index (χ4v) is 3.47. The molecule has 1 unspecified atom stereocenters. The zero-order chi connectivity index (χ0) is 16.9. The molecule has 0 spiro atoms. The molecule has 0 saturated carbocycles. The van der Waals surface area contributed by atoms with Crippen molar-refractivity contribution < 1.29 is 0 Å². The number of aliphatic imine (C=N–C) groups is 1. The number of aromatic nitrogens is 4. The third-order valence-electron chi connectivity index (χ3n) is 3.94. The Morgan fingerprint density at radius 3 is 2.96 bits per heavy atom. The van der Waals surface area contributed by atoms with E-state index in [1.807, 2.05) is 10.9 Å². The van der Waals surface area contributed by atoms with E-state index in [4.69, 9.17) is 0 Å². The van der Waals surface area contributed by atoms with Gasteiger partial charge in [-0.2, -0.15) is 5.10 Å². The summed E-state index contributed by atoms with van der Waals surface area (Å²) in [5, 5.41) is 12.5. The topological polar surface area (TPSA) is 80.0 Å². The second-order valence-corrected chi connectivity index (χ2v) is 7.24. The highest BCUT2D eigenvalue weighted by Gasteiger charge is 2.22. The first-order valence-corrected chi connectivity index (χ1v) is 9.38. The van der Waals surface area contributed by atoms with Crippen molar-refractivity contribution in [3.63, 3.8) is 0 Å². The van der Waals surface area contributed by atoms with Crippen LogP contribution in [0.1, 0.15) is 41.8 Å². The largest absolute Gasteiger partial charge is 0.357 e. The van der Waals surface area contributed by atoms with Gasteiger partial charge < -0.3 is 10.6 Å². The van der Waals surface area contributed by atoms with E-state index >= 15 is 0 Å². The maximum absolute atomic E-state index is 4.67. The number of rotatable bonds is 5. The van der Waals surface area contributed by atoms with Gasteiger partial charge in [-0.15, -0.1) is 35.3 Å². The van der Waals surface area contributed by atoms with Crippen LogP contribution in [0.5, 0.6) is 0 Å². The molecule has 2 N–H and O–H groups in total. The van der Waals surface area contributed by atoms with Crippen LogP contribution < -0.4 is 10.6 Å². The lowest BCUT2D eigenvalue weighted by Crippen LogP contribution is -2.47. The van der Waals surface area contributed by atoms with Crippen molar-refractivity contribution >= 4 is 41.3 Å². The molecule has 9 heteroatoms. The lowest BCUT2D eigenvalue weighted by atomic mass is 10.1. The van der Waals surface area contributed by atoms with Crippen molar-refractivity contribution in [2.24, 2.45) is 4.99 Å². The molecule has 1 aliphatic heterocycles. The number of halogens is 1. The van der Waals surface area contributed by atoms with Gasteiger partial charge in [-0.3, -0.25) is 0 Å². The van der Waals surface area contributed by atoms with Crippen LogP contribution in [-0.4, -0.2) is 38.3 Å². The minimum absolute atomic E-state index is 0. The van der Waals surface area contributed by atoms with Gasteiger partial charge >= 0.3 is 0 Å². The van der Waals surface area contributed by atoms with E-state index in [0.717, 1.165) is 55.0 Å². The number of nitrogens with zero attached hydrogens (tertiary/aromatic N) is 5. The second kappa shape index (κ2) is 9.46. The first-order chi connectivity index (χ1) is 11.7. The fourth-order valence-electron chi connectivity index (χ4n) is 2.76. The minimum Gasteiger partial charge on any atom is -0.357 e. The molecule has 138 valence electrons. The highest BCUT2D eigenvalue weighted by molar-refractivity contribution is 14.0. The van der Waals surface area contributed by atoms with Gasteiger partial charge in [-0.1, -0.05) is 6.92 Å². The molecule has 1 atom stereocenters. The smallest absolute Gasteiger partial charge is 0.191 e. The van der Waals surface area contributed by atoms with Crippen LogP contribution in [0, 0.1) is 6.92 Å². The van der Waals surface area contributed by atoms with Crippen LogP contribution in [0.25, 0.3) is 0 Å². The molecular weight excluding hydrogens is 449 g/mol. The van der Waals surface area contributed by atoms with Gasteiger partial charge in [0, 0.05) is 36.5 Å². The predicted octanol–water partition coefficient (Wildman–Crippen LogP) is 2.29. The summed E-state index contributed by atoms with van der Waals surface area (Å²) < 4.78 is 2.04. The Hall–Kier alpha value is -1.23. The van der Waals surface area contributed by atoms with E-state index in [1.165, 1.54) is 4.88 Å². The Labute approximate surface area is 169 Å². The van der Waals surface area contributed by atoms with E-state index in [2.05, 4.69) is 51.5 Å². The van der Waals surface area contributed by atoms with Crippen molar-refractivity contribution in [2.45, 2.75) is 59.2 Å². The van der Waals surface area contributed by atoms with E-state index in [-0.39, 0.29) is 24.0 Å². The summed E-state index contributed by atoms with van der Waals surface area (Å²) in [4.78, 5) is 14.8. The lowest BCUT2D eigenvalue weighted by Gasteiger charge is -2.25. The summed E-state index contributed by atoms with van der Waals surface area (Å²) in [5.41, 5.74) is 0. The number of hydrogen-bond donors (Lipinski definition) is 2. The van der Waals surface area contributed by atoms with Gasteiger partial charge in [0.05, 0.1) is 13.1 Å². The van der Waals surface area contributed by atoms with Gasteiger partial charge in [-0.05, 0) is 20.3 Å². The third-order valence-corrected chi connectivity index (χ3v) is 4.84. The molecule has 0 amide bonds. The van der Waals surface area contributed by atoms with E-state index < -0.39 is 0 Å². The Morgan fingerprint density at radius 2 is 2.28 bits per heavy atom. The number of fused-ring (bicyclic) bond motifs is 1. The molecule has 0 aliphatic carbocycles. The Bertz CT molecular complexity index is 709. The van der Waals surface area contributed by atoms with E-state index in [0.29, 0.717) is 12.6 Å². The van der Waals surface area contributed by atoms with Crippen molar-refractivity contribution in [2.75, 3.05) is 6.54 Å². The highest BCUT2D eigenvalue weighted by atomic mass is 127. The second-order valence-electron chi connectivity index (χ2n) is 5.92. The summed E-state index contributed by atoms with van der Waals surface area (Å²) in [6, 6.07) is 0.319. The van der Waals surface area contributed by atoms with Crippen LogP contribution in [0.4, 0.5) is 0 Å². The normalized spacial score (nSPS) is 16.9. The fraction of sp³-hybridized carbons (Fsp3) is 0.625. The van der Waals surface area contributed by atoms with Crippen molar-refractivity contribution in [1.82, 2.24) is 30.4 Å². The van der Waals surface area contributed by atoms with Gasteiger partial charge in [-0.25, -0.2) is 19.6 Å². The molecule has 3 rings (SSSR count). The number of thiazole rings is 1. The molecule has 0 radical (unpaired) electrons. The molecule has 7 nitrogen and oxygen atoms in total. The van der Waals surface area contributed by atoms with E-state index in [1.54, 1.807) is 11.3 Å². The summed E-state index contributed by atoms with van der Waals surface area (Å²) in [6.07, 6.45) is 4.78. The first kappa shape index (κ1) is 20.1. The lowest BCUT2D eigenvalue weighted by molar-refractivity contribution is 0.392.